The minimum absolute atomic E-state index is 0.330. The minimum Gasteiger partial charge on any atom is -0.363 e. The summed E-state index contributed by atoms with van der Waals surface area (Å²) in [5, 5.41) is 4.08. The predicted molar refractivity (Wildman–Crippen MR) is 80.5 cm³/mol. The van der Waals surface area contributed by atoms with E-state index < -0.39 is 11.6 Å². The number of hydrogen-bond donors (Lipinski definition) is 1. The van der Waals surface area contributed by atoms with Crippen molar-refractivity contribution >= 4 is 27.4 Å². The molecule has 3 nitrogen and oxygen atoms in total. The Morgan fingerprint density at radius 3 is 2.76 bits per heavy atom. The molecule has 0 fully saturated rings. The first kappa shape index (κ1) is 13.9. The molecule has 3 rings (SSSR count). The lowest BCUT2D eigenvalue weighted by Gasteiger charge is -2.16. The third kappa shape index (κ3) is 2.71. The molecule has 0 aliphatic rings. The zero-order valence-corrected chi connectivity index (χ0v) is 12.3. The van der Waals surface area contributed by atoms with E-state index in [1.54, 1.807) is 11.3 Å². The molecule has 6 heteroatoms. The topological polar surface area (TPSA) is 37.8 Å². The fourth-order valence-corrected chi connectivity index (χ4v) is 3.07. The van der Waals surface area contributed by atoms with E-state index in [2.05, 4.69) is 15.3 Å². The van der Waals surface area contributed by atoms with Crippen LogP contribution >= 0.6 is 11.3 Å². The summed E-state index contributed by atoms with van der Waals surface area (Å²) in [6.07, 6.45) is 1.48. The molecule has 1 N–H and O–H groups in total. The summed E-state index contributed by atoms with van der Waals surface area (Å²) in [6.45, 7) is 3.81. The van der Waals surface area contributed by atoms with Gasteiger partial charge in [0.2, 0.25) is 0 Å². The monoisotopic (exact) mass is 305 g/mol. The van der Waals surface area contributed by atoms with E-state index in [-0.39, 0.29) is 6.04 Å². The average Bonchev–Trinajstić information content (AvgIpc) is 2.80. The van der Waals surface area contributed by atoms with Gasteiger partial charge in [0.25, 0.3) is 0 Å². The molecule has 3 aromatic rings. The number of aromatic nitrogens is 2. The Bertz CT molecular complexity index is 801. The highest BCUT2D eigenvalue weighted by Gasteiger charge is 2.14. The van der Waals surface area contributed by atoms with Crippen LogP contribution in [0.25, 0.3) is 10.2 Å². The van der Waals surface area contributed by atoms with Gasteiger partial charge in [-0.05, 0) is 26.0 Å². The maximum atomic E-state index is 13.8. The SMILES string of the molecule is Cc1cc2c(NC(C)c3ccc(F)cc3F)ncnc2s1. The van der Waals surface area contributed by atoms with Gasteiger partial charge in [-0.3, -0.25) is 0 Å². The zero-order chi connectivity index (χ0) is 15.0. The fourth-order valence-electron chi connectivity index (χ4n) is 2.23. The highest BCUT2D eigenvalue weighted by atomic mass is 32.1. The molecular weight excluding hydrogens is 292 g/mol. The van der Waals surface area contributed by atoms with Crippen LogP contribution in [0.3, 0.4) is 0 Å². The number of rotatable bonds is 3. The lowest BCUT2D eigenvalue weighted by atomic mass is 10.1. The molecule has 1 unspecified atom stereocenters. The Labute approximate surface area is 124 Å². The van der Waals surface area contributed by atoms with Gasteiger partial charge in [0.15, 0.2) is 0 Å². The van der Waals surface area contributed by atoms with E-state index >= 15 is 0 Å². The summed E-state index contributed by atoms with van der Waals surface area (Å²) in [7, 11) is 0. The number of nitrogens with one attached hydrogen (secondary N) is 1. The maximum Gasteiger partial charge on any atom is 0.138 e. The molecule has 0 spiro atoms. The lowest BCUT2D eigenvalue weighted by molar-refractivity contribution is 0.566. The number of aryl methyl sites for hydroxylation is 1. The first-order valence-corrected chi connectivity index (χ1v) is 7.29. The molecule has 0 radical (unpaired) electrons. The van der Waals surface area contributed by atoms with E-state index in [1.807, 2.05) is 19.9 Å². The van der Waals surface area contributed by atoms with Crippen molar-refractivity contribution < 1.29 is 8.78 Å². The number of benzene rings is 1. The first-order valence-electron chi connectivity index (χ1n) is 6.47. The molecule has 0 saturated carbocycles. The Morgan fingerprint density at radius 1 is 1.19 bits per heavy atom. The number of hydrogen-bond acceptors (Lipinski definition) is 4. The molecule has 21 heavy (non-hydrogen) atoms. The predicted octanol–water partition coefficient (Wildman–Crippen LogP) is 4.45. The van der Waals surface area contributed by atoms with Gasteiger partial charge in [0.05, 0.1) is 11.4 Å². The molecule has 0 aliphatic carbocycles. The van der Waals surface area contributed by atoms with Crippen LogP contribution in [0.5, 0.6) is 0 Å². The van der Waals surface area contributed by atoms with Gasteiger partial charge in [-0.25, -0.2) is 18.7 Å². The second kappa shape index (κ2) is 5.37. The second-order valence-corrected chi connectivity index (χ2v) is 6.06. The maximum absolute atomic E-state index is 13.8. The lowest BCUT2D eigenvalue weighted by Crippen LogP contribution is -2.10. The van der Waals surface area contributed by atoms with Crippen LogP contribution in [0.1, 0.15) is 23.4 Å². The van der Waals surface area contributed by atoms with Gasteiger partial charge in [-0.2, -0.15) is 0 Å². The van der Waals surface area contributed by atoms with Crippen molar-refractivity contribution in [1.82, 2.24) is 9.97 Å². The standard InChI is InChI=1S/C15H13F2N3S/c1-8-5-12-14(18-7-19-15(12)21-8)20-9(2)11-4-3-10(16)6-13(11)17/h3-7,9H,1-2H3,(H,18,19,20). The molecule has 108 valence electrons. The van der Waals surface area contributed by atoms with E-state index in [4.69, 9.17) is 0 Å². The highest BCUT2D eigenvalue weighted by molar-refractivity contribution is 7.18. The minimum atomic E-state index is -0.582. The van der Waals surface area contributed by atoms with Crippen LogP contribution in [0.2, 0.25) is 0 Å². The summed E-state index contributed by atoms with van der Waals surface area (Å²) >= 11 is 1.58. The largest absolute Gasteiger partial charge is 0.363 e. The summed E-state index contributed by atoms with van der Waals surface area (Å²) < 4.78 is 26.8. The van der Waals surface area contributed by atoms with Gasteiger partial charge in [-0.1, -0.05) is 6.07 Å². The Morgan fingerprint density at radius 2 is 2.00 bits per heavy atom. The van der Waals surface area contributed by atoms with Gasteiger partial charge in [0, 0.05) is 16.5 Å². The number of thiophene rings is 1. The molecule has 0 aliphatic heterocycles. The van der Waals surface area contributed by atoms with Crippen LogP contribution < -0.4 is 5.32 Å². The Kier molecular flexibility index (Phi) is 3.55. The number of fused-ring (bicyclic) bond motifs is 1. The van der Waals surface area contributed by atoms with Crippen LogP contribution in [0, 0.1) is 18.6 Å². The Hall–Kier alpha value is -2.08. The van der Waals surface area contributed by atoms with Gasteiger partial charge in [-0.15, -0.1) is 11.3 Å². The molecule has 1 atom stereocenters. The quantitative estimate of drug-likeness (QED) is 0.777. The molecule has 0 amide bonds. The van der Waals surface area contributed by atoms with E-state index in [9.17, 15) is 8.78 Å². The molecule has 0 bridgehead atoms. The van der Waals surface area contributed by atoms with Crippen molar-refractivity contribution in [1.29, 1.82) is 0 Å². The van der Waals surface area contributed by atoms with Crippen LogP contribution in [0.4, 0.5) is 14.6 Å². The van der Waals surface area contributed by atoms with Gasteiger partial charge >= 0.3 is 0 Å². The Balaban J connectivity index is 1.94. The molecule has 1 aromatic carbocycles. The van der Waals surface area contributed by atoms with Gasteiger partial charge < -0.3 is 5.32 Å². The normalized spacial score (nSPS) is 12.6. The fraction of sp³-hybridized carbons (Fsp3) is 0.200. The van der Waals surface area contributed by atoms with Crippen LogP contribution in [0.15, 0.2) is 30.6 Å². The summed E-state index contributed by atoms with van der Waals surface area (Å²) in [5.74, 6) is -0.497. The summed E-state index contributed by atoms with van der Waals surface area (Å²) in [5.41, 5.74) is 0.398. The zero-order valence-electron chi connectivity index (χ0n) is 11.5. The van der Waals surface area contributed by atoms with Crippen molar-refractivity contribution in [3.8, 4) is 0 Å². The van der Waals surface area contributed by atoms with Gasteiger partial charge in [0.1, 0.15) is 28.6 Å². The number of nitrogens with zero attached hydrogens (tertiary/aromatic N) is 2. The molecular formula is C15H13F2N3S. The van der Waals surface area contributed by atoms with Crippen molar-refractivity contribution in [2.75, 3.05) is 5.32 Å². The molecule has 2 heterocycles. The van der Waals surface area contributed by atoms with Crippen LogP contribution in [-0.4, -0.2) is 9.97 Å². The first-order chi connectivity index (χ1) is 10.0. The third-order valence-corrected chi connectivity index (χ3v) is 4.19. The molecule has 2 aromatic heterocycles. The summed E-state index contributed by atoms with van der Waals surface area (Å²) in [4.78, 5) is 10.5. The smallest absolute Gasteiger partial charge is 0.138 e. The van der Waals surface area contributed by atoms with E-state index in [1.165, 1.54) is 18.5 Å². The van der Waals surface area contributed by atoms with E-state index in [0.29, 0.717) is 11.4 Å². The number of halogens is 2. The average molecular weight is 305 g/mol. The van der Waals surface area contributed by atoms with Crippen molar-refractivity contribution in [3.05, 3.63) is 52.7 Å². The van der Waals surface area contributed by atoms with Crippen LogP contribution in [-0.2, 0) is 0 Å². The third-order valence-electron chi connectivity index (χ3n) is 3.23. The molecule has 0 saturated heterocycles. The van der Waals surface area contributed by atoms with Crippen molar-refractivity contribution in [3.63, 3.8) is 0 Å². The number of anilines is 1. The van der Waals surface area contributed by atoms with Crippen molar-refractivity contribution in [2.45, 2.75) is 19.9 Å². The van der Waals surface area contributed by atoms with E-state index in [0.717, 1.165) is 21.2 Å². The highest BCUT2D eigenvalue weighted by Crippen LogP contribution is 2.30. The van der Waals surface area contributed by atoms with Crippen molar-refractivity contribution in [2.24, 2.45) is 0 Å². The summed E-state index contributed by atoms with van der Waals surface area (Å²) in [6, 6.07) is 5.25. The second-order valence-electron chi connectivity index (χ2n) is 4.83.